The molecule has 1 aliphatic heterocycles. The third kappa shape index (κ3) is 2.13. The number of anilines is 1. The molecule has 10 nitrogen and oxygen atoms in total. The molecule has 1 heterocycles. The van der Waals surface area contributed by atoms with Gasteiger partial charge >= 0.3 is 0 Å². The standard InChI is InChI=1S/C28H19NO9/c1-9-22(33)25(36)20-10-4-2-3-5-11(10)26-27(9,37)28(20,38)12-8-15(32)18-19(21(12)29-26)24(35)17-14(31)7-6-13(30)16(17)23(18)34/h2-8,20,26,29-33,37-38H,1H3/t20-,26+,27+,28+/m1/s1. The van der Waals surface area contributed by atoms with Crippen molar-refractivity contribution in [2.24, 2.45) is 0 Å². The molecule has 4 bridgehead atoms. The van der Waals surface area contributed by atoms with Crippen molar-refractivity contribution in [1.29, 1.82) is 0 Å². The van der Waals surface area contributed by atoms with Crippen molar-refractivity contribution in [3.05, 3.63) is 92.7 Å². The summed E-state index contributed by atoms with van der Waals surface area (Å²) in [6.45, 7) is 1.31. The maximum Gasteiger partial charge on any atom is 0.207 e. The van der Waals surface area contributed by atoms with Crippen LogP contribution >= 0.6 is 0 Å². The van der Waals surface area contributed by atoms with Crippen molar-refractivity contribution in [1.82, 2.24) is 0 Å². The lowest BCUT2D eigenvalue weighted by atomic mass is 9.50. The average molecular weight is 513 g/mol. The summed E-state index contributed by atoms with van der Waals surface area (Å²) in [6.07, 6.45) is 0. The number of Topliss-reactive ketones (excluding diaryl/α,β-unsaturated/α-hetero) is 1. The predicted molar refractivity (Wildman–Crippen MR) is 129 cm³/mol. The maximum atomic E-state index is 13.8. The van der Waals surface area contributed by atoms with Gasteiger partial charge in [-0.3, -0.25) is 14.4 Å². The molecule has 0 saturated carbocycles. The largest absolute Gasteiger partial charge is 0.507 e. The Bertz CT molecular complexity index is 1760. The Morgan fingerprint density at radius 2 is 1.29 bits per heavy atom. The zero-order chi connectivity index (χ0) is 27.0. The van der Waals surface area contributed by atoms with Crippen molar-refractivity contribution in [3.63, 3.8) is 0 Å². The Labute approximate surface area is 213 Å². The van der Waals surface area contributed by atoms with Crippen LogP contribution in [0.1, 0.15) is 67.4 Å². The van der Waals surface area contributed by atoms with Gasteiger partial charge in [-0.2, -0.15) is 0 Å². The molecule has 3 aromatic rings. The summed E-state index contributed by atoms with van der Waals surface area (Å²) >= 11 is 0. The summed E-state index contributed by atoms with van der Waals surface area (Å²) in [5, 5.41) is 70.1. The highest BCUT2D eigenvalue weighted by molar-refractivity contribution is 6.33. The number of benzene rings is 3. The molecule has 0 radical (unpaired) electrons. The van der Waals surface area contributed by atoms with Crippen LogP contribution in [0.2, 0.25) is 0 Å². The van der Waals surface area contributed by atoms with Gasteiger partial charge in [0.05, 0.1) is 39.9 Å². The number of fused-ring (bicyclic) bond motifs is 7. The van der Waals surface area contributed by atoms with Gasteiger partial charge in [0, 0.05) is 11.1 Å². The van der Waals surface area contributed by atoms with E-state index in [0.717, 1.165) is 18.2 Å². The van der Waals surface area contributed by atoms with Gasteiger partial charge < -0.3 is 36.0 Å². The highest BCUT2D eigenvalue weighted by Crippen LogP contribution is 2.66. The number of hydrogen-bond acceptors (Lipinski definition) is 10. The second kappa shape index (κ2) is 6.60. The number of phenolic OH excluding ortho intramolecular Hbond substituents is 3. The van der Waals surface area contributed by atoms with E-state index in [1.54, 1.807) is 24.3 Å². The minimum Gasteiger partial charge on any atom is -0.507 e. The molecule has 4 atom stereocenters. The zero-order valence-electron chi connectivity index (χ0n) is 19.6. The lowest BCUT2D eigenvalue weighted by Crippen LogP contribution is -2.69. The van der Waals surface area contributed by atoms with Crippen molar-refractivity contribution in [2.75, 3.05) is 5.32 Å². The van der Waals surface area contributed by atoms with Crippen LogP contribution in [0.4, 0.5) is 5.69 Å². The monoisotopic (exact) mass is 513 g/mol. The van der Waals surface area contributed by atoms with Gasteiger partial charge in [-0.15, -0.1) is 0 Å². The van der Waals surface area contributed by atoms with E-state index in [0.29, 0.717) is 11.1 Å². The van der Waals surface area contributed by atoms with Crippen molar-refractivity contribution in [3.8, 4) is 17.2 Å². The molecule has 0 unspecified atom stereocenters. The minimum atomic E-state index is -2.48. The number of hydrogen-bond donors (Lipinski definition) is 7. The molecule has 4 aliphatic rings. The number of ketones is 3. The molecule has 190 valence electrons. The Morgan fingerprint density at radius 3 is 1.92 bits per heavy atom. The molecule has 38 heavy (non-hydrogen) atoms. The second-order valence-electron chi connectivity index (χ2n) is 10.1. The highest BCUT2D eigenvalue weighted by atomic mass is 16.4. The van der Waals surface area contributed by atoms with Crippen LogP contribution in [0.5, 0.6) is 17.2 Å². The number of nitrogens with one attached hydrogen (secondary N) is 1. The first-order chi connectivity index (χ1) is 18.0. The van der Waals surface area contributed by atoms with Crippen LogP contribution < -0.4 is 5.32 Å². The fourth-order valence-corrected chi connectivity index (χ4v) is 6.82. The first-order valence-corrected chi connectivity index (χ1v) is 11.8. The van der Waals surface area contributed by atoms with E-state index in [1.807, 2.05) is 0 Å². The minimum absolute atomic E-state index is 0.122. The Morgan fingerprint density at radius 1 is 0.737 bits per heavy atom. The first kappa shape index (κ1) is 22.5. The van der Waals surface area contributed by atoms with Crippen LogP contribution in [0, 0.1) is 0 Å². The summed E-state index contributed by atoms with van der Waals surface area (Å²) in [7, 11) is 0. The summed E-state index contributed by atoms with van der Waals surface area (Å²) in [4.78, 5) is 40.7. The van der Waals surface area contributed by atoms with E-state index in [2.05, 4.69) is 5.32 Å². The molecule has 10 heteroatoms. The Balaban J connectivity index is 1.62. The molecule has 0 saturated heterocycles. The topological polar surface area (TPSA) is 185 Å². The average Bonchev–Trinajstić information content (AvgIpc) is 2.88. The normalized spacial score (nSPS) is 28.2. The first-order valence-electron chi connectivity index (χ1n) is 11.8. The Kier molecular flexibility index (Phi) is 3.91. The quantitative estimate of drug-likeness (QED) is 0.172. The maximum absolute atomic E-state index is 13.8. The van der Waals surface area contributed by atoms with Gasteiger partial charge in [0.2, 0.25) is 17.3 Å². The van der Waals surface area contributed by atoms with E-state index in [9.17, 15) is 45.0 Å². The van der Waals surface area contributed by atoms with Crippen molar-refractivity contribution in [2.45, 2.75) is 30.1 Å². The Hall–Kier alpha value is -4.67. The van der Waals surface area contributed by atoms with E-state index in [4.69, 9.17) is 0 Å². The van der Waals surface area contributed by atoms with Gasteiger partial charge in [-0.25, -0.2) is 0 Å². The van der Waals surface area contributed by atoms with Gasteiger partial charge in [0.1, 0.15) is 28.5 Å². The van der Waals surface area contributed by atoms with Crippen molar-refractivity contribution < 1.29 is 45.0 Å². The lowest BCUT2D eigenvalue weighted by Gasteiger charge is -2.61. The molecule has 0 fully saturated rings. The van der Waals surface area contributed by atoms with Crippen LogP contribution in [0.25, 0.3) is 0 Å². The molecular formula is C28H19NO9. The van der Waals surface area contributed by atoms with Gasteiger partial charge in [-0.05, 0) is 36.2 Å². The number of carbonyl (C=O) groups excluding carboxylic acids is 3. The number of allylic oxidation sites excluding steroid dienone is 1. The smallest absolute Gasteiger partial charge is 0.207 e. The van der Waals surface area contributed by atoms with Crippen LogP contribution in [-0.2, 0) is 10.4 Å². The van der Waals surface area contributed by atoms with Gasteiger partial charge in [0.25, 0.3) is 0 Å². The molecule has 0 aromatic heterocycles. The number of aliphatic hydroxyl groups is 3. The molecule has 3 aliphatic carbocycles. The SMILES string of the molecule is CC1=C(O)C(=O)[C@H]2c3ccccc3[C@@H]3Nc4c(cc(O)c5c4C(=O)c4c(O)ccc(O)c4C5=O)[C@@]2(O)[C@]13O. The van der Waals surface area contributed by atoms with Gasteiger partial charge in [0.15, 0.2) is 5.76 Å². The van der Waals surface area contributed by atoms with Crippen molar-refractivity contribution >= 4 is 23.0 Å². The molecule has 0 spiro atoms. The third-order valence-corrected chi connectivity index (χ3v) is 8.53. The number of phenols is 3. The third-order valence-electron chi connectivity index (χ3n) is 8.53. The lowest BCUT2D eigenvalue weighted by molar-refractivity contribution is -0.185. The fraction of sp³-hybridized carbons (Fsp3) is 0.179. The van der Waals surface area contributed by atoms with E-state index in [-0.39, 0.29) is 22.4 Å². The predicted octanol–water partition coefficient (Wildman–Crippen LogP) is 2.18. The molecule has 0 amide bonds. The van der Waals surface area contributed by atoms with Crippen LogP contribution in [-0.4, -0.2) is 53.6 Å². The molecule has 7 N–H and O–H groups in total. The molecular weight excluding hydrogens is 494 g/mol. The zero-order valence-corrected chi connectivity index (χ0v) is 19.6. The summed E-state index contributed by atoms with van der Waals surface area (Å²) in [6, 6.07) is 8.43. The number of carbonyl (C=O) groups is 3. The molecule has 3 aromatic carbocycles. The second-order valence-corrected chi connectivity index (χ2v) is 10.1. The number of aliphatic hydroxyl groups excluding tert-OH is 1. The fourth-order valence-electron chi connectivity index (χ4n) is 6.82. The van der Waals surface area contributed by atoms with E-state index >= 15 is 0 Å². The highest BCUT2D eigenvalue weighted by Gasteiger charge is 2.72. The van der Waals surface area contributed by atoms with E-state index in [1.165, 1.54) is 6.92 Å². The summed E-state index contributed by atoms with van der Waals surface area (Å²) < 4.78 is 0. The van der Waals surface area contributed by atoms with E-state index < -0.39 is 80.2 Å². The van der Waals surface area contributed by atoms with Crippen LogP contribution in [0.15, 0.2) is 53.8 Å². The summed E-state index contributed by atoms with van der Waals surface area (Å²) in [5.41, 5.74) is -6.39. The summed E-state index contributed by atoms with van der Waals surface area (Å²) in [5.74, 6) is -6.81. The van der Waals surface area contributed by atoms with Gasteiger partial charge in [-0.1, -0.05) is 24.3 Å². The molecule has 7 rings (SSSR count). The number of aromatic hydroxyl groups is 3. The number of rotatable bonds is 0. The van der Waals surface area contributed by atoms with Crippen LogP contribution in [0.3, 0.4) is 0 Å².